The van der Waals surface area contributed by atoms with Gasteiger partial charge in [-0.05, 0) is 86.7 Å². The summed E-state index contributed by atoms with van der Waals surface area (Å²) in [6.45, 7) is 0.0527. The van der Waals surface area contributed by atoms with E-state index in [1.165, 1.54) is 48.8 Å². The zero-order valence-electron chi connectivity index (χ0n) is 18.3. The number of aliphatic carboxylic acids is 1. The number of hydrogen-bond acceptors (Lipinski definition) is 3. The molecule has 2 aliphatic rings. The number of halogens is 1. The first-order chi connectivity index (χ1) is 14.6. The highest BCUT2D eigenvalue weighted by atomic mass is 35.5. The van der Waals surface area contributed by atoms with Crippen LogP contribution in [-0.2, 0) is 17.6 Å². The lowest BCUT2D eigenvalue weighted by Gasteiger charge is -2.37. The summed E-state index contributed by atoms with van der Waals surface area (Å²) in [7, 11) is 1.93. The first kappa shape index (κ1) is 23.6. The average Bonchev–Trinajstić information content (AvgIpc) is 2.75. The summed E-state index contributed by atoms with van der Waals surface area (Å²) in [5.41, 5.74) is 3.98. The van der Waals surface area contributed by atoms with E-state index in [9.17, 15) is 9.90 Å². The molecule has 0 aliphatic heterocycles. The van der Waals surface area contributed by atoms with E-state index in [4.69, 9.17) is 4.74 Å². The standard InChI is InChI=1S/C26H33NO3.ClH/c1-27(18-25(28)29)26(19-8-4-2-5-9-19)22-13-12-21-17-24(15-14-20(21)16-22)30-23-10-6-3-7-11-23;/h2,4-5,8-9,14-15,17,22-23,26H,3,6-7,10-13,16,18H2,1H3,(H,28,29);1H. The molecule has 2 aliphatic carbocycles. The number of nitrogens with zero attached hydrogens (tertiary/aromatic N) is 1. The number of likely N-dealkylation sites (N-methyl/N-ethyl adjacent to an activating group) is 1. The van der Waals surface area contributed by atoms with Gasteiger partial charge in [-0.3, -0.25) is 9.69 Å². The van der Waals surface area contributed by atoms with E-state index in [1.54, 1.807) is 0 Å². The second-order valence-electron chi connectivity index (χ2n) is 8.98. The van der Waals surface area contributed by atoms with Crippen LogP contribution in [0, 0.1) is 5.92 Å². The quantitative estimate of drug-likeness (QED) is 0.597. The van der Waals surface area contributed by atoms with E-state index in [0.717, 1.165) is 25.0 Å². The molecular weight excluding hydrogens is 410 g/mol. The van der Waals surface area contributed by atoms with Gasteiger partial charge >= 0.3 is 5.97 Å². The topological polar surface area (TPSA) is 49.8 Å². The molecule has 2 aromatic carbocycles. The second-order valence-corrected chi connectivity index (χ2v) is 8.98. The van der Waals surface area contributed by atoms with Gasteiger partial charge in [-0.2, -0.15) is 0 Å². The van der Waals surface area contributed by atoms with E-state index >= 15 is 0 Å². The number of carboxylic acid groups (broad SMARTS) is 1. The van der Waals surface area contributed by atoms with Gasteiger partial charge in [0.25, 0.3) is 0 Å². The first-order valence-electron chi connectivity index (χ1n) is 11.4. The molecule has 0 aromatic heterocycles. The highest BCUT2D eigenvalue weighted by Crippen LogP contribution is 2.38. The number of hydrogen-bond donors (Lipinski definition) is 1. The molecule has 0 saturated heterocycles. The summed E-state index contributed by atoms with van der Waals surface area (Å²) in [5.74, 6) is 0.634. The Balaban J connectivity index is 0.00000272. The average molecular weight is 444 g/mol. The zero-order chi connectivity index (χ0) is 20.9. The van der Waals surface area contributed by atoms with Crippen LogP contribution in [0.25, 0.3) is 0 Å². The van der Waals surface area contributed by atoms with Gasteiger partial charge in [-0.25, -0.2) is 0 Å². The number of benzene rings is 2. The molecule has 2 aromatic rings. The third kappa shape index (κ3) is 6.02. The number of ether oxygens (including phenoxy) is 1. The van der Waals surface area contributed by atoms with Crippen molar-refractivity contribution in [1.29, 1.82) is 0 Å². The molecular formula is C26H34ClNO3. The number of aryl methyl sites for hydroxylation is 1. The van der Waals surface area contributed by atoms with E-state index < -0.39 is 5.97 Å². The second kappa shape index (κ2) is 11.0. The van der Waals surface area contributed by atoms with Crippen LogP contribution in [0.4, 0.5) is 0 Å². The van der Waals surface area contributed by atoms with Gasteiger partial charge in [0.05, 0.1) is 12.6 Å². The van der Waals surface area contributed by atoms with Crippen LogP contribution in [0.5, 0.6) is 5.75 Å². The Morgan fingerprint density at radius 1 is 1.06 bits per heavy atom. The van der Waals surface area contributed by atoms with Crippen molar-refractivity contribution in [3.05, 3.63) is 65.2 Å². The fourth-order valence-corrected chi connectivity index (χ4v) is 5.33. The van der Waals surface area contributed by atoms with Crippen molar-refractivity contribution in [2.24, 2.45) is 5.92 Å². The fraction of sp³-hybridized carbons (Fsp3) is 0.500. The third-order valence-electron chi connectivity index (χ3n) is 6.75. The Morgan fingerprint density at radius 3 is 2.52 bits per heavy atom. The van der Waals surface area contributed by atoms with Crippen molar-refractivity contribution in [1.82, 2.24) is 4.90 Å². The van der Waals surface area contributed by atoms with E-state index in [2.05, 4.69) is 30.3 Å². The molecule has 168 valence electrons. The predicted octanol–water partition coefficient (Wildman–Crippen LogP) is 5.68. The van der Waals surface area contributed by atoms with Crippen LogP contribution in [0.15, 0.2) is 48.5 Å². The normalized spacial score (nSPS) is 19.9. The summed E-state index contributed by atoms with van der Waals surface area (Å²) in [6.07, 6.45) is 9.67. The van der Waals surface area contributed by atoms with Gasteiger partial charge in [0.1, 0.15) is 5.75 Å². The monoisotopic (exact) mass is 443 g/mol. The molecule has 4 nitrogen and oxygen atoms in total. The van der Waals surface area contributed by atoms with Crippen LogP contribution < -0.4 is 4.74 Å². The van der Waals surface area contributed by atoms with Crippen LogP contribution in [0.3, 0.4) is 0 Å². The maximum atomic E-state index is 11.4. The Hall–Kier alpha value is -2.04. The van der Waals surface area contributed by atoms with Gasteiger partial charge in [0.2, 0.25) is 0 Å². The number of carboxylic acids is 1. The largest absolute Gasteiger partial charge is 0.490 e. The molecule has 0 radical (unpaired) electrons. The van der Waals surface area contributed by atoms with E-state index in [-0.39, 0.29) is 25.0 Å². The molecule has 5 heteroatoms. The molecule has 0 spiro atoms. The minimum atomic E-state index is -0.779. The van der Waals surface area contributed by atoms with Crippen molar-refractivity contribution < 1.29 is 14.6 Å². The summed E-state index contributed by atoms with van der Waals surface area (Å²) in [5, 5.41) is 9.35. The Morgan fingerprint density at radius 2 is 1.81 bits per heavy atom. The minimum Gasteiger partial charge on any atom is -0.490 e. The molecule has 1 saturated carbocycles. The van der Waals surface area contributed by atoms with Gasteiger partial charge < -0.3 is 9.84 Å². The van der Waals surface area contributed by atoms with Gasteiger partial charge in [-0.15, -0.1) is 12.4 Å². The van der Waals surface area contributed by atoms with E-state index in [0.29, 0.717) is 12.0 Å². The van der Waals surface area contributed by atoms with Crippen LogP contribution in [0.2, 0.25) is 0 Å². The lowest BCUT2D eigenvalue weighted by atomic mass is 9.77. The minimum absolute atomic E-state index is 0. The Bertz CT molecular complexity index is 851. The van der Waals surface area contributed by atoms with Gasteiger partial charge in [0, 0.05) is 6.04 Å². The molecule has 2 unspecified atom stereocenters. The van der Waals surface area contributed by atoms with Crippen LogP contribution in [0.1, 0.15) is 61.3 Å². The predicted molar refractivity (Wildman–Crippen MR) is 126 cm³/mol. The van der Waals surface area contributed by atoms with E-state index in [1.807, 2.05) is 30.1 Å². The summed E-state index contributed by atoms with van der Waals surface area (Å²) >= 11 is 0. The third-order valence-corrected chi connectivity index (χ3v) is 6.75. The fourth-order valence-electron chi connectivity index (χ4n) is 5.33. The van der Waals surface area contributed by atoms with Crippen LogP contribution in [-0.4, -0.2) is 35.7 Å². The molecule has 1 N–H and O–H groups in total. The molecule has 4 rings (SSSR count). The van der Waals surface area contributed by atoms with Crippen molar-refractivity contribution in [3.63, 3.8) is 0 Å². The highest BCUT2D eigenvalue weighted by Gasteiger charge is 2.31. The number of carbonyl (C=O) groups is 1. The lowest BCUT2D eigenvalue weighted by Crippen LogP contribution is -2.36. The molecule has 31 heavy (non-hydrogen) atoms. The van der Waals surface area contributed by atoms with Gasteiger partial charge in [0.15, 0.2) is 0 Å². The highest BCUT2D eigenvalue weighted by molar-refractivity contribution is 5.85. The van der Waals surface area contributed by atoms with Crippen molar-refractivity contribution in [2.75, 3.05) is 13.6 Å². The summed E-state index contributed by atoms with van der Waals surface area (Å²) in [4.78, 5) is 13.4. The molecule has 0 amide bonds. The smallest absolute Gasteiger partial charge is 0.317 e. The SMILES string of the molecule is CN(CC(=O)O)C(c1ccccc1)C1CCc2cc(OC3CCCCC3)ccc2C1.Cl. The van der Waals surface area contributed by atoms with Crippen LogP contribution >= 0.6 is 12.4 Å². The molecule has 2 atom stereocenters. The molecule has 0 heterocycles. The van der Waals surface area contributed by atoms with Crippen molar-refractivity contribution in [3.8, 4) is 5.75 Å². The Labute approximate surface area is 192 Å². The first-order valence-corrected chi connectivity index (χ1v) is 11.4. The van der Waals surface area contributed by atoms with Crippen molar-refractivity contribution >= 4 is 18.4 Å². The van der Waals surface area contributed by atoms with Gasteiger partial charge in [-0.1, -0.05) is 42.8 Å². The maximum absolute atomic E-state index is 11.4. The zero-order valence-corrected chi connectivity index (χ0v) is 19.2. The maximum Gasteiger partial charge on any atom is 0.317 e. The molecule has 1 fully saturated rings. The lowest BCUT2D eigenvalue weighted by molar-refractivity contribution is -0.138. The summed E-state index contributed by atoms with van der Waals surface area (Å²) in [6, 6.07) is 17.1. The number of rotatable bonds is 7. The molecule has 0 bridgehead atoms. The number of fused-ring (bicyclic) bond motifs is 1. The van der Waals surface area contributed by atoms with Crippen molar-refractivity contribution in [2.45, 2.75) is 63.5 Å². The summed E-state index contributed by atoms with van der Waals surface area (Å²) < 4.78 is 6.27. The Kier molecular flexibility index (Phi) is 8.39.